The Morgan fingerprint density at radius 3 is 2.86 bits per heavy atom. The number of hydrogen-bond donors (Lipinski definition) is 0. The van der Waals surface area contributed by atoms with Gasteiger partial charge in [0, 0.05) is 19.0 Å². The normalized spacial score (nSPS) is 24.5. The maximum atomic E-state index is 12.8. The number of fused-ring (bicyclic) bond motifs is 1. The van der Waals surface area contributed by atoms with Gasteiger partial charge in [0.2, 0.25) is 5.91 Å². The second-order valence-electron chi connectivity index (χ2n) is 8.41. The molecule has 3 aromatic rings. The number of amides is 1. The van der Waals surface area contributed by atoms with E-state index in [9.17, 15) is 4.79 Å². The molecule has 0 radical (unpaired) electrons. The van der Waals surface area contributed by atoms with Crippen molar-refractivity contribution in [2.75, 3.05) is 13.1 Å². The first kappa shape index (κ1) is 17.3. The van der Waals surface area contributed by atoms with Crippen LogP contribution < -0.4 is 0 Å². The lowest BCUT2D eigenvalue weighted by Gasteiger charge is -2.21. The molecule has 5 rings (SSSR count). The minimum atomic E-state index is 0.252. The maximum Gasteiger partial charge on any atom is 0.226 e. The smallest absolute Gasteiger partial charge is 0.226 e. The number of benzene rings is 1. The van der Waals surface area contributed by atoms with E-state index in [0.29, 0.717) is 17.8 Å². The second-order valence-corrected chi connectivity index (χ2v) is 8.41. The lowest BCUT2D eigenvalue weighted by Crippen LogP contribution is -2.33. The Bertz CT molecular complexity index is 1010. The number of nitrogens with zero attached hydrogens (tertiary/aromatic N) is 5. The fourth-order valence-corrected chi connectivity index (χ4v) is 4.71. The molecule has 2 aliphatic rings. The van der Waals surface area contributed by atoms with E-state index >= 15 is 0 Å². The molecule has 1 aliphatic heterocycles. The van der Waals surface area contributed by atoms with Crippen molar-refractivity contribution in [3.8, 4) is 0 Å². The maximum absolute atomic E-state index is 12.8. The molecular weight excluding hydrogens is 350 g/mol. The lowest BCUT2D eigenvalue weighted by atomic mass is 9.93. The van der Waals surface area contributed by atoms with E-state index in [1.165, 1.54) is 18.4 Å². The number of aryl methyl sites for hydroxylation is 1. The van der Waals surface area contributed by atoms with Gasteiger partial charge in [0.1, 0.15) is 6.33 Å². The van der Waals surface area contributed by atoms with E-state index in [0.717, 1.165) is 42.8 Å². The Kier molecular flexibility index (Phi) is 4.14. The summed E-state index contributed by atoms with van der Waals surface area (Å²) in [5.41, 5.74) is 4.56. The highest BCUT2D eigenvalue weighted by atomic mass is 16.2. The number of likely N-dealkylation sites (tertiary alicyclic amines) is 1. The van der Waals surface area contributed by atoms with Gasteiger partial charge in [0.15, 0.2) is 5.65 Å². The second kappa shape index (κ2) is 6.69. The third-order valence-corrected chi connectivity index (χ3v) is 6.54. The SMILES string of the molecule is Cc1ccc(CC(=O)N2CCCC3(CC2)CC3c2ccc3nncn3n2)cc1. The van der Waals surface area contributed by atoms with Crippen LogP contribution in [0.2, 0.25) is 0 Å². The molecule has 0 N–H and O–H groups in total. The zero-order chi connectivity index (χ0) is 19.1. The van der Waals surface area contributed by atoms with Crippen LogP contribution in [0.4, 0.5) is 0 Å². The Balaban J connectivity index is 1.24. The third kappa shape index (κ3) is 3.17. The van der Waals surface area contributed by atoms with Gasteiger partial charge < -0.3 is 4.90 Å². The summed E-state index contributed by atoms with van der Waals surface area (Å²) in [5.74, 6) is 0.744. The molecule has 2 fully saturated rings. The summed E-state index contributed by atoms with van der Waals surface area (Å²) in [5, 5.41) is 12.7. The zero-order valence-electron chi connectivity index (χ0n) is 16.2. The predicted octanol–water partition coefficient (Wildman–Crippen LogP) is 3.16. The Morgan fingerprint density at radius 1 is 1.14 bits per heavy atom. The van der Waals surface area contributed by atoms with Crippen molar-refractivity contribution in [3.63, 3.8) is 0 Å². The molecule has 6 heteroatoms. The number of carbonyl (C=O) groups is 1. The van der Waals surface area contributed by atoms with Crippen molar-refractivity contribution >= 4 is 11.6 Å². The molecule has 1 amide bonds. The first-order valence-corrected chi connectivity index (χ1v) is 10.1. The molecule has 3 heterocycles. The molecule has 6 nitrogen and oxygen atoms in total. The molecule has 144 valence electrons. The summed E-state index contributed by atoms with van der Waals surface area (Å²) in [6.07, 6.45) is 6.65. The number of aromatic nitrogens is 4. The van der Waals surface area contributed by atoms with E-state index in [1.807, 2.05) is 6.07 Å². The van der Waals surface area contributed by atoms with Crippen LogP contribution in [-0.2, 0) is 11.2 Å². The molecule has 28 heavy (non-hydrogen) atoms. The van der Waals surface area contributed by atoms with Crippen LogP contribution in [-0.4, -0.2) is 43.7 Å². The van der Waals surface area contributed by atoms with Gasteiger partial charge in [-0.3, -0.25) is 4.79 Å². The minimum Gasteiger partial charge on any atom is -0.342 e. The summed E-state index contributed by atoms with van der Waals surface area (Å²) in [7, 11) is 0. The molecule has 2 unspecified atom stereocenters. The summed E-state index contributed by atoms with van der Waals surface area (Å²) < 4.78 is 1.76. The summed E-state index contributed by atoms with van der Waals surface area (Å²) >= 11 is 0. The molecule has 1 aliphatic carbocycles. The molecule has 2 atom stereocenters. The van der Waals surface area contributed by atoms with Gasteiger partial charge in [-0.2, -0.15) is 5.10 Å². The fraction of sp³-hybridized carbons (Fsp3) is 0.455. The van der Waals surface area contributed by atoms with Crippen LogP contribution in [0.5, 0.6) is 0 Å². The first-order chi connectivity index (χ1) is 13.6. The highest BCUT2D eigenvalue weighted by Gasteiger charge is 2.55. The number of carbonyl (C=O) groups excluding carboxylic acids is 1. The standard InChI is InChI=1S/C22H25N5O/c1-16-3-5-17(6-4-16)13-21(28)26-11-2-9-22(10-12-26)14-18(22)19-7-8-20-24-23-15-27(20)25-19/h3-8,15,18H,2,9-14H2,1H3. The van der Waals surface area contributed by atoms with Crippen LogP contribution in [0.25, 0.3) is 5.65 Å². The highest BCUT2D eigenvalue weighted by Crippen LogP contribution is 2.64. The Morgan fingerprint density at radius 2 is 2.00 bits per heavy atom. The van der Waals surface area contributed by atoms with Crippen LogP contribution >= 0.6 is 0 Å². The monoisotopic (exact) mass is 375 g/mol. The van der Waals surface area contributed by atoms with Crippen molar-refractivity contribution < 1.29 is 4.79 Å². The molecule has 1 aromatic carbocycles. The molecule has 1 saturated carbocycles. The van der Waals surface area contributed by atoms with Crippen LogP contribution in [0.15, 0.2) is 42.7 Å². The van der Waals surface area contributed by atoms with Gasteiger partial charge in [-0.25, -0.2) is 4.52 Å². The molecule has 1 spiro atoms. The number of rotatable bonds is 3. The van der Waals surface area contributed by atoms with Crippen LogP contribution in [0.1, 0.15) is 48.4 Å². The van der Waals surface area contributed by atoms with Crippen molar-refractivity contribution in [1.29, 1.82) is 0 Å². The van der Waals surface area contributed by atoms with Crippen molar-refractivity contribution in [2.45, 2.75) is 44.9 Å². The largest absolute Gasteiger partial charge is 0.342 e. The van der Waals surface area contributed by atoms with E-state index in [-0.39, 0.29) is 5.91 Å². The van der Waals surface area contributed by atoms with E-state index < -0.39 is 0 Å². The summed E-state index contributed by atoms with van der Waals surface area (Å²) in [6.45, 7) is 3.80. The number of hydrogen-bond acceptors (Lipinski definition) is 4. The quantitative estimate of drug-likeness (QED) is 0.705. The van der Waals surface area contributed by atoms with Crippen molar-refractivity contribution in [2.24, 2.45) is 5.41 Å². The topological polar surface area (TPSA) is 63.4 Å². The van der Waals surface area contributed by atoms with Crippen LogP contribution in [0.3, 0.4) is 0 Å². The van der Waals surface area contributed by atoms with E-state index in [2.05, 4.69) is 52.4 Å². The predicted molar refractivity (Wildman–Crippen MR) is 106 cm³/mol. The van der Waals surface area contributed by atoms with Gasteiger partial charge in [0.25, 0.3) is 0 Å². The average Bonchev–Trinajstić information content (AvgIpc) is 3.30. The summed E-state index contributed by atoms with van der Waals surface area (Å²) in [6, 6.07) is 12.4. The lowest BCUT2D eigenvalue weighted by molar-refractivity contribution is -0.130. The first-order valence-electron chi connectivity index (χ1n) is 10.1. The molecular formula is C22H25N5O. The van der Waals surface area contributed by atoms with Gasteiger partial charge >= 0.3 is 0 Å². The average molecular weight is 375 g/mol. The van der Waals surface area contributed by atoms with E-state index in [1.54, 1.807) is 10.8 Å². The van der Waals surface area contributed by atoms with Crippen molar-refractivity contribution in [3.05, 3.63) is 59.5 Å². The minimum absolute atomic E-state index is 0.252. The Hall–Kier alpha value is -2.76. The fourth-order valence-electron chi connectivity index (χ4n) is 4.71. The molecule has 1 saturated heterocycles. The van der Waals surface area contributed by atoms with Crippen molar-refractivity contribution in [1.82, 2.24) is 24.7 Å². The van der Waals surface area contributed by atoms with Gasteiger partial charge in [0.05, 0.1) is 12.1 Å². The van der Waals surface area contributed by atoms with E-state index in [4.69, 9.17) is 5.10 Å². The molecule has 0 bridgehead atoms. The summed E-state index contributed by atoms with van der Waals surface area (Å²) in [4.78, 5) is 14.9. The molecule has 2 aromatic heterocycles. The third-order valence-electron chi connectivity index (χ3n) is 6.54. The highest BCUT2D eigenvalue weighted by molar-refractivity contribution is 5.78. The Labute approximate surface area is 164 Å². The zero-order valence-corrected chi connectivity index (χ0v) is 16.2. The van der Waals surface area contributed by atoms with Crippen LogP contribution in [0, 0.1) is 12.3 Å². The van der Waals surface area contributed by atoms with Gasteiger partial charge in [-0.1, -0.05) is 29.8 Å². The van der Waals surface area contributed by atoms with Gasteiger partial charge in [-0.05, 0) is 55.7 Å². The van der Waals surface area contributed by atoms with Gasteiger partial charge in [-0.15, -0.1) is 10.2 Å².